The molecule has 2 unspecified atom stereocenters. The van der Waals surface area contributed by atoms with Gasteiger partial charge in [0.1, 0.15) is 12.1 Å². The quantitative estimate of drug-likeness (QED) is 0.0322. The minimum Gasteiger partial charge on any atom is -0.480 e. The van der Waals surface area contributed by atoms with Gasteiger partial charge in [-0.15, -0.1) is 0 Å². The topological polar surface area (TPSA) is 119 Å². The van der Waals surface area contributed by atoms with Gasteiger partial charge in [0.15, 0.2) is 0 Å². The number of nitrogens with two attached hydrogens (primary N) is 1. The normalized spacial score (nSPS) is 13.4. The molecular weight excluding hydrogens is 721 g/mol. The molecule has 1 amide bonds. The Balaban J connectivity index is 4.36. The summed E-state index contributed by atoms with van der Waals surface area (Å²) >= 11 is 0. The van der Waals surface area contributed by atoms with Gasteiger partial charge in [0, 0.05) is 12.8 Å². The molecule has 0 aromatic heterocycles. The average molecular weight is 807 g/mol. The molecule has 330 valence electrons. The number of aliphatic carboxylic acids is 1. The Morgan fingerprint density at radius 3 is 1.50 bits per heavy atom. The van der Waals surface area contributed by atoms with Gasteiger partial charge in [-0.3, -0.25) is 9.59 Å². The SMILES string of the molecule is CC/C=C\C/C=C\C/C=C\C/C=C\C/C=C\CCCCCCCC(=O)OC(CCC/C=C\C/C=C\CCCCC)CCCCCCCC(=O)NC(CCCN)C(=O)O. The van der Waals surface area contributed by atoms with Crippen LogP contribution in [0.1, 0.15) is 200 Å². The van der Waals surface area contributed by atoms with Gasteiger partial charge in [0.25, 0.3) is 0 Å². The summed E-state index contributed by atoms with van der Waals surface area (Å²) in [7, 11) is 0. The zero-order valence-corrected chi connectivity index (χ0v) is 37.1. The Hall–Kier alpha value is -3.45. The van der Waals surface area contributed by atoms with Crippen LogP contribution >= 0.6 is 0 Å². The number of carboxylic acid groups (broad SMARTS) is 1. The molecule has 0 spiro atoms. The number of carbonyl (C=O) groups is 3. The molecule has 0 heterocycles. The van der Waals surface area contributed by atoms with Crippen molar-refractivity contribution in [2.75, 3.05) is 6.54 Å². The van der Waals surface area contributed by atoms with Crippen LogP contribution in [0.2, 0.25) is 0 Å². The van der Waals surface area contributed by atoms with E-state index in [0.717, 1.165) is 122 Å². The predicted molar refractivity (Wildman–Crippen MR) is 248 cm³/mol. The fourth-order valence-electron chi connectivity index (χ4n) is 6.45. The number of ether oxygens (including phenoxy) is 1. The first kappa shape index (κ1) is 54.6. The summed E-state index contributed by atoms with van der Waals surface area (Å²) in [6.45, 7) is 4.79. The van der Waals surface area contributed by atoms with Crippen LogP contribution in [0.15, 0.2) is 85.1 Å². The van der Waals surface area contributed by atoms with Gasteiger partial charge in [0.05, 0.1) is 0 Å². The Bertz CT molecular complexity index is 1180. The molecule has 0 aliphatic rings. The standard InChI is InChI=1S/C51H86N2O5/c1-3-5-7-9-11-13-15-16-17-18-19-20-21-22-23-24-26-28-30-35-39-45-50(55)58-47(41-36-32-29-27-25-14-12-10-8-6-4-2)42-37-33-31-34-38-44-49(54)53-48(51(56)57)43-40-46-52/h5,7,11-14,16-17,19-20,22-23,27,29,47-48H,3-4,6,8-10,15,18,21,24-26,28,30-46,52H2,1-2H3,(H,53,54)(H,56,57)/b7-5-,13-11-,14-12-,17-16-,20-19-,23-22-,29-27-. The number of nitrogens with one attached hydrogen (secondary N) is 1. The lowest BCUT2D eigenvalue weighted by Gasteiger charge is -2.18. The molecular formula is C51H86N2O5. The maximum Gasteiger partial charge on any atom is 0.326 e. The molecule has 7 nitrogen and oxygen atoms in total. The van der Waals surface area contributed by atoms with Gasteiger partial charge < -0.3 is 20.9 Å². The van der Waals surface area contributed by atoms with Crippen molar-refractivity contribution in [1.82, 2.24) is 5.32 Å². The van der Waals surface area contributed by atoms with Crippen LogP contribution in [0.25, 0.3) is 0 Å². The minimum atomic E-state index is -1.01. The van der Waals surface area contributed by atoms with E-state index in [0.29, 0.717) is 32.2 Å². The third kappa shape index (κ3) is 40.7. The van der Waals surface area contributed by atoms with Gasteiger partial charge in [-0.25, -0.2) is 4.79 Å². The van der Waals surface area contributed by atoms with Crippen molar-refractivity contribution >= 4 is 17.8 Å². The van der Waals surface area contributed by atoms with Gasteiger partial charge in [-0.2, -0.15) is 0 Å². The smallest absolute Gasteiger partial charge is 0.326 e. The molecule has 0 aromatic carbocycles. The van der Waals surface area contributed by atoms with E-state index in [1.165, 1.54) is 38.5 Å². The van der Waals surface area contributed by atoms with E-state index in [2.05, 4.69) is 104 Å². The molecule has 0 fully saturated rings. The number of amides is 1. The van der Waals surface area contributed by atoms with Crippen LogP contribution in [0.3, 0.4) is 0 Å². The molecule has 0 aromatic rings. The maximum absolute atomic E-state index is 12.8. The summed E-state index contributed by atoms with van der Waals surface area (Å²) in [5.41, 5.74) is 5.49. The average Bonchev–Trinajstić information content (AvgIpc) is 3.21. The van der Waals surface area contributed by atoms with E-state index in [-0.39, 0.29) is 18.0 Å². The highest BCUT2D eigenvalue weighted by Gasteiger charge is 2.19. The number of esters is 1. The fourth-order valence-corrected chi connectivity index (χ4v) is 6.45. The molecule has 0 rings (SSSR count). The van der Waals surface area contributed by atoms with Crippen molar-refractivity contribution in [3.05, 3.63) is 85.1 Å². The number of carbonyl (C=O) groups excluding carboxylic acids is 2. The fraction of sp³-hybridized carbons (Fsp3) is 0.667. The van der Waals surface area contributed by atoms with E-state index in [4.69, 9.17) is 10.5 Å². The molecule has 0 radical (unpaired) electrons. The van der Waals surface area contributed by atoms with Crippen LogP contribution in [0, 0.1) is 0 Å². The summed E-state index contributed by atoms with van der Waals surface area (Å²) in [5.74, 6) is -1.29. The number of carboxylic acids is 1. The first-order valence-electron chi connectivity index (χ1n) is 23.4. The summed E-state index contributed by atoms with van der Waals surface area (Å²) in [6.07, 6.45) is 59.1. The zero-order chi connectivity index (χ0) is 42.4. The molecule has 2 atom stereocenters. The summed E-state index contributed by atoms with van der Waals surface area (Å²) < 4.78 is 6.02. The molecule has 0 bridgehead atoms. The molecule has 7 heteroatoms. The van der Waals surface area contributed by atoms with Crippen LogP contribution in [0.5, 0.6) is 0 Å². The van der Waals surface area contributed by atoms with Crippen LogP contribution in [-0.4, -0.2) is 41.6 Å². The highest BCUT2D eigenvalue weighted by molar-refractivity contribution is 5.83. The van der Waals surface area contributed by atoms with E-state index >= 15 is 0 Å². The monoisotopic (exact) mass is 807 g/mol. The zero-order valence-electron chi connectivity index (χ0n) is 37.1. The van der Waals surface area contributed by atoms with E-state index < -0.39 is 12.0 Å². The molecule has 0 aliphatic heterocycles. The van der Waals surface area contributed by atoms with Crippen molar-refractivity contribution in [1.29, 1.82) is 0 Å². The highest BCUT2D eigenvalue weighted by atomic mass is 16.5. The van der Waals surface area contributed by atoms with Crippen molar-refractivity contribution in [3.8, 4) is 0 Å². The predicted octanol–water partition coefficient (Wildman–Crippen LogP) is 13.7. The first-order chi connectivity index (χ1) is 28.4. The van der Waals surface area contributed by atoms with Crippen LogP contribution in [0.4, 0.5) is 0 Å². The summed E-state index contributed by atoms with van der Waals surface area (Å²) in [4.78, 5) is 36.4. The van der Waals surface area contributed by atoms with Gasteiger partial charge in [-0.1, -0.05) is 150 Å². The van der Waals surface area contributed by atoms with Crippen LogP contribution < -0.4 is 11.1 Å². The molecule has 0 aliphatic carbocycles. The number of allylic oxidation sites excluding steroid dienone is 14. The molecule has 0 saturated carbocycles. The number of hydrogen-bond acceptors (Lipinski definition) is 5. The van der Waals surface area contributed by atoms with Crippen molar-refractivity contribution in [2.45, 2.75) is 212 Å². The second-order valence-electron chi connectivity index (χ2n) is 15.4. The second kappa shape index (κ2) is 44.6. The largest absolute Gasteiger partial charge is 0.480 e. The first-order valence-corrected chi connectivity index (χ1v) is 23.4. The molecule has 4 N–H and O–H groups in total. The number of rotatable bonds is 41. The molecule has 0 saturated heterocycles. The maximum atomic E-state index is 12.8. The van der Waals surface area contributed by atoms with Gasteiger partial charge in [-0.05, 0) is 129 Å². The van der Waals surface area contributed by atoms with Crippen molar-refractivity contribution in [2.24, 2.45) is 5.73 Å². The lowest BCUT2D eigenvalue weighted by molar-refractivity contribution is -0.150. The Morgan fingerprint density at radius 1 is 0.517 bits per heavy atom. The Morgan fingerprint density at radius 2 is 0.966 bits per heavy atom. The van der Waals surface area contributed by atoms with Gasteiger partial charge in [0.2, 0.25) is 5.91 Å². The summed E-state index contributed by atoms with van der Waals surface area (Å²) in [6, 6.07) is -0.867. The number of hydrogen-bond donors (Lipinski definition) is 3. The van der Waals surface area contributed by atoms with Crippen molar-refractivity contribution < 1.29 is 24.2 Å². The van der Waals surface area contributed by atoms with E-state index in [9.17, 15) is 19.5 Å². The van der Waals surface area contributed by atoms with Crippen LogP contribution in [-0.2, 0) is 19.1 Å². The number of unbranched alkanes of at least 4 members (excludes halogenated alkanes) is 13. The third-order valence-corrected chi connectivity index (χ3v) is 9.94. The summed E-state index contributed by atoms with van der Waals surface area (Å²) in [5, 5.41) is 11.9. The van der Waals surface area contributed by atoms with E-state index in [1.54, 1.807) is 0 Å². The third-order valence-electron chi connectivity index (χ3n) is 9.94. The van der Waals surface area contributed by atoms with Gasteiger partial charge >= 0.3 is 11.9 Å². The Kier molecular flexibility index (Phi) is 42.0. The van der Waals surface area contributed by atoms with E-state index in [1.807, 2.05) is 0 Å². The molecule has 58 heavy (non-hydrogen) atoms. The minimum absolute atomic E-state index is 0.0462. The second-order valence-corrected chi connectivity index (χ2v) is 15.4. The Labute approximate surface area is 355 Å². The lowest BCUT2D eigenvalue weighted by Crippen LogP contribution is -2.40. The van der Waals surface area contributed by atoms with Crippen molar-refractivity contribution in [3.63, 3.8) is 0 Å². The lowest BCUT2D eigenvalue weighted by atomic mass is 10.0. The highest BCUT2D eigenvalue weighted by Crippen LogP contribution is 2.18.